The van der Waals surface area contributed by atoms with Crippen molar-refractivity contribution in [3.63, 3.8) is 0 Å². The number of benzene rings is 1. The number of nitrogens with zero attached hydrogens (tertiary/aromatic N) is 3. The predicted octanol–water partition coefficient (Wildman–Crippen LogP) is 1.76. The van der Waals surface area contributed by atoms with Crippen LogP contribution in [0.4, 0.5) is 5.69 Å². The van der Waals surface area contributed by atoms with Crippen molar-refractivity contribution in [2.24, 2.45) is 0 Å². The van der Waals surface area contributed by atoms with E-state index in [1.54, 1.807) is 15.9 Å². The average Bonchev–Trinajstić information content (AvgIpc) is 3.26. The zero-order chi connectivity index (χ0) is 16.4. The molecule has 0 radical (unpaired) electrons. The van der Waals surface area contributed by atoms with Gasteiger partial charge in [0.2, 0.25) is 0 Å². The highest BCUT2D eigenvalue weighted by atomic mass is 32.1. The molecule has 0 saturated carbocycles. The number of anilines is 1. The van der Waals surface area contributed by atoms with Crippen LogP contribution in [0.1, 0.15) is 4.88 Å². The van der Waals surface area contributed by atoms with Crippen LogP contribution in [-0.4, -0.2) is 40.9 Å². The Hall–Kier alpha value is -2.38. The summed E-state index contributed by atoms with van der Waals surface area (Å²) in [5.41, 5.74) is 2.32. The molecular formula is C17H19N5OS. The SMILES string of the molecule is O=c1[nH]ncn1Cc1ccc(-c2ccc(N3CCNCC3)cc2)s1. The lowest BCUT2D eigenvalue weighted by molar-refractivity contribution is 0.589. The van der Waals surface area contributed by atoms with Crippen LogP contribution in [0.15, 0.2) is 47.5 Å². The van der Waals surface area contributed by atoms with E-state index < -0.39 is 0 Å². The average molecular weight is 341 g/mol. The van der Waals surface area contributed by atoms with Gasteiger partial charge in [0, 0.05) is 41.6 Å². The molecule has 4 rings (SSSR count). The summed E-state index contributed by atoms with van der Waals surface area (Å²) in [6.07, 6.45) is 1.53. The number of nitrogens with one attached hydrogen (secondary N) is 2. The Balaban J connectivity index is 1.49. The second kappa shape index (κ2) is 6.62. The smallest absolute Gasteiger partial charge is 0.343 e. The zero-order valence-corrected chi connectivity index (χ0v) is 14.1. The molecule has 1 aliphatic heterocycles. The predicted molar refractivity (Wildman–Crippen MR) is 96.8 cm³/mol. The number of piperazine rings is 1. The number of hydrogen-bond donors (Lipinski definition) is 2. The fraction of sp³-hybridized carbons (Fsp3) is 0.294. The fourth-order valence-corrected chi connectivity index (χ4v) is 3.94. The summed E-state index contributed by atoms with van der Waals surface area (Å²) >= 11 is 1.71. The minimum Gasteiger partial charge on any atom is -0.369 e. The Morgan fingerprint density at radius 2 is 1.88 bits per heavy atom. The van der Waals surface area contributed by atoms with Crippen molar-refractivity contribution in [2.45, 2.75) is 6.54 Å². The highest BCUT2D eigenvalue weighted by Crippen LogP contribution is 2.30. The number of rotatable bonds is 4. The van der Waals surface area contributed by atoms with Crippen molar-refractivity contribution in [1.82, 2.24) is 20.1 Å². The van der Waals surface area contributed by atoms with Crippen LogP contribution < -0.4 is 15.9 Å². The number of H-pyrrole nitrogens is 1. The molecule has 1 aliphatic rings. The first kappa shape index (κ1) is 15.2. The highest BCUT2D eigenvalue weighted by molar-refractivity contribution is 7.15. The molecule has 7 heteroatoms. The van der Waals surface area contributed by atoms with Crippen LogP contribution in [0, 0.1) is 0 Å². The second-order valence-corrected chi connectivity index (χ2v) is 7.01. The van der Waals surface area contributed by atoms with Crippen LogP contribution in [-0.2, 0) is 6.54 Å². The maximum absolute atomic E-state index is 11.5. The lowest BCUT2D eigenvalue weighted by atomic mass is 10.1. The Morgan fingerprint density at radius 1 is 1.08 bits per heavy atom. The van der Waals surface area contributed by atoms with E-state index >= 15 is 0 Å². The summed E-state index contributed by atoms with van der Waals surface area (Å²) in [4.78, 5) is 16.3. The first-order valence-corrected chi connectivity index (χ1v) is 8.86. The monoisotopic (exact) mass is 341 g/mol. The molecule has 2 N–H and O–H groups in total. The van der Waals surface area contributed by atoms with E-state index in [1.165, 1.54) is 22.5 Å². The van der Waals surface area contributed by atoms with E-state index in [4.69, 9.17) is 0 Å². The molecule has 0 bridgehead atoms. The van der Waals surface area contributed by atoms with Crippen LogP contribution in [0.3, 0.4) is 0 Å². The summed E-state index contributed by atoms with van der Waals surface area (Å²) in [6.45, 7) is 4.76. The van der Waals surface area contributed by atoms with Crippen LogP contribution in [0.2, 0.25) is 0 Å². The van der Waals surface area contributed by atoms with Gasteiger partial charge in [-0.15, -0.1) is 11.3 Å². The number of aromatic amines is 1. The van der Waals surface area contributed by atoms with Gasteiger partial charge in [0.1, 0.15) is 6.33 Å². The van der Waals surface area contributed by atoms with Crippen molar-refractivity contribution in [1.29, 1.82) is 0 Å². The molecule has 0 amide bonds. The minimum absolute atomic E-state index is 0.176. The van der Waals surface area contributed by atoms with Crippen LogP contribution >= 0.6 is 11.3 Å². The molecule has 3 heterocycles. The molecule has 2 aromatic heterocycles. The van der Waals surface area contributed by atoms with Crippen molar-refractivity contribution < 1.29 is 0 Å². The summed E-state index contributed by atoms with van der Waals surface area (Å²) in [5.74, 6) is 0. The van der Waals surface area contributed by atoms with Gasteiger partial charge in [-0.2, -0.15) is 5.10 Å². The molecular weight excluding hydrogens is 322 g/mol. The summed E-state index contributed by atoms with van der Waals surface area (Å²) in [6, 6.07) is 12.9. The van der Waals surface area contributed by atoms with E-state index in [0.29, 0.717) is 6.54 Å². The molecule has 3 aromatic rings. The molecule has 1 fully saturated rings. The molecule has 0 unspecified atom stereocenters. The van der Waals surface area contributed by atoms with Crippen molar-refractivity contribution in [3.05, 3.63) is 58.1 Å². The quantitative estimate of drug-likeness (QED) is 0.759. The van der Waals surface area contributed by atoms with Gasteiger partial charge in [-0.1, -0.05) is 12.1 Å². The van der Waals surface area contributed by atoms with Gasteiger partial charge in [-0.25, -0.2) is 9.89 Å². The molecule has 1 saturated heterocycles. The topological polar surface area (TPSA) is 66.0 Å². The largest absolute Gasteiger partial charge is 0.369 e. The Morgan fingerprint density at radius 3 is 2.58 bits per heavy atom. The van der Waals surface area contributed by atoms with E-state index in [2.05, 4.69) is 56.8 Å². The number of thiophene rings is 1. The van der Waals surface area contributed by atoms with Gasteiger partial charge in [0.05, 0.1) is 6.54 Å². The maximum Gasteiger partial charge on any atom is 0.343 e. The maximum atomic E-state index is 11.5. The van der Waals surface area contributed by atoms with Gasteiger partial charge >= 0.3 is 5.69 Å². The van der Waals surface area contributed by atoms with E-state index in [9.17, 15) is 4.79 Å². The molecule has 0 aliphatic carbocycles. The number of aromatic nitrogens is 3. The third kappa shape index (κ3) is 3.13. The van der Waals surface area contributed by atoms with E-state index in [1.807, 2.05) is 0 Å². The van der Waals surface area contributed by atoms with Crippen molar-refractivity contribution >= 4 is 17.0 Å². The molecule has 0 spiro atoms. The Kier molecular flexibility index (Phi) is 4.18. The molecule has 124 valence electrons. The minimum atomic E-state index is -0.176. The van der Waals surface area contributed by atoms with Gasteiger partial charge in [-0.05, 0) is 29.8 Å². The zero-order valence-electron chi connectivity index (χ0n) is 13.2. The molecule has 6 nitrogen and oxygen atoms in total. The van der Waals surface area contributed by atoms with Crippen LogP contribution in [0.5, 0.6) is 0 Å². The lowest BCUT2D eigenvalue weighted by Crippen LogP contribution is -2.43. The van der Waals surface area contributed by atoms with E-state index in [-0.39, 0.29) is 5.69 Å². The normalized spacial score (nSPS) is 14.9. The molecule has 1 aromatic carbocycles. The standard InChI is InChI=1S/C17H19N5OS/c23-17-20-19-12-22(17)11-15-5-6-16(24-15)13-1-3-14(4-2-13)21-9-7-18-8-10-21/h1-6,12,18H,7-11H2,(H,20,23). The third-order valence-corrected chi connectivity index (χ3v) is 5.36. The second-order valence-electron chi connectivity index (χ2n) is 5.84. The van der Waals surface area contributed by atoms with Crippen molar-refractivity contribution in [3.8, 4) is 10.4 Å². The molecule has 24 heavy (non-hydrogen) atoms. The first-order valence-electron chi connectivity index (χ1n) is 8.04. The van der Waals surface area contributed by atoms with Gasteiger partial charge in [0.15, 0.2) is 0 Å². The first-order chi connectivity index (χ1) is 11.8. The van der Waals surface area contributed by atoms with Gasteiger partial charge < -0.3 is 10.2 Å². The summed E-state index contributed by atoms with van der Waals surface area (Å²) in [5, 5.41) is 9.55. The highest BCUT2D eigenvalue weighted by Gasteiger charge is 2.11. The van der Waals surface area contributed by atoms with E-state index in [0.717, 1.165) is 31.1 Å². The Bertz CT molecular complexity index is 857. The Labute approximate surface area is 143 Å². The fourth-order valence-electron chi connectivity index (χ4n) is 2.93. The van der Waals surface area contributed by atoms with Gasteiger partial charge in [0.25, 0.3) is 0 Å². The lowest BCUT2D eigenvalue weighted by Gasteiger charge is -2.29. The third-order valence-electron chi connectivity index (χ3n) is 4.24. The van der Waals surface area contributed by atoms with Gasteiger partial charge in [-0.3, -0.25) is 4.57 Å². The summed E-state index contributed by atoms with van der Waals surface area (Å²) in [7, 11) is 0. The van der Waals surface area contributed by atoms with Crippen molar-refractivity contribution in [2.75, 3.05) is 31.1 Å². The number of hydrogen-bond acceptors (Lipinski definition) is 5. The molecule has 0 atom stereocenters. The van der Waals surface area contributed by atoms with Crippen LogP contribution in [0.25, 0.3) is 10.4 Å². The summed E-state index contributed by atoms with van der Waals surface area (Å²) < 4.78 is 1.57.